The van der Waals surface area contributed by atoms with Gasteiger partial charge in [0.05, 0.1) is 0 Å². The van der Waals surface area contributed by atoms with E-state index in [9.17, 15) is 0 Å². The Labute approximate surface area is 119 Å². The zero-order valence-electron chi connectivity index (χ0n) is 13.2. The molecule has 19 heavy (non-hydrogen) atoms. The molecule has 1 N–H and O–H groups in total. The maximum absolute atomic E-state index is 3.60. The summed E-state index contributed by atoms with van der Waals surface area (Å²) in [5.41, 5.74) is 0.460. The minimum Gasteiger partial charge on any atom is -0.315 e. The van der Waals surface area contributed by atoms with Gasteiger partial charge in [0.2, 0.25) is 0 Å². The molecule has 0 saturated carbocycles. The van der Waals surface area contributed by atoms with Gasteiger partial charge in [-0.25, -0.2) is 0 Å². The second-order valence-corrected chi connectivity index (χ2v) is 7.55. The van der Waals surface area contributed by atoms with E-state index in [4.69, 9.17) is 0 Å². The molecular formula is C16H33N3. The summed E-state index contributed by atoms with van der Waals surface area (Å²) in [5, 5.41) is 3.60. The summed E-state index contributed by atoms with van der Waals surface area (Å²) in [5.74, 6) is 0. The molecule has 1 unspecified atom stereocenters. The van der Waals surface area contributed by atoms with E-state index >= 15 is 0 Å². The maximum Gasteiger partial charge on any atom is 0.0235 e. The zero-order valence-corrected chi connectivity index (χ0v) is 13.2. The van der Waals surface area contributed by atoms with E-state index in [0.29, 0.717) is 5.41 Å². The molecule has 2 aliphatic rings. The van der Waals surface area contributed by atoms with Crippen LogP contribution in [0.25, 0.3) is 0 Å². The number of nitrogens with zero attached hydrogens (tertiary/aromatic N) is 2. The van der Waals surface area contributed by atoms with Crippen LogP contribution >= 0.6 is 0 Å². The van der Waals surface area contributed by atoms with Crippen molar-refractivity contribution in [2.75, 3.05) is 45.8 Å². The van der Waals surface area contributed by atoms with E-state index in [2.05, 4.69) is 35.9 Å². The molecule has 0 aromatic heterocycles. The fourth-order valence-electron chi connectivity index (χ4n) is 3.25. The van der Waals surface area contributed by atoms with Crippen molar-refractivity contribution in [1.29, 1.82) is 0 Å². The standard InChI is InChI=1S/C16H33N3/c1-16(2,3)7-8-17-9-13-18-12-6-15(14-18)19-10-4-5-11-19/h15,17H,4-14H2,1-3H3. The fraction of sp³-hybridized carbons (Fsp3) is 1.00. The van der Waals surface area contributed by atoms with Crippen LogP contribution < -0.4 is 5.32 Å². The Kier molecular flexibility index (Phi) is 5.67. The molecule has 2 saturated heterocycles. The molecule has 0 bridgehead atoms. The number of nitrogens with one attached hydrogen (secondary N) is 1. The van der Waals surface area contributed by atoms with E-state index in [-0.39, 0.29) is 0 Å². The Bertz CT molecular complexity index is 253. The first-order valence-electron chi connectivity index (χ1n) is 8.22. The highest BCUT2D eigenvalue weighted by atomic mass is 15.3. The number of likely N-dealkylation sites (tertiary alicyclic amines) is 2. The monoisotopic (exact) mass is 267 g/mol. The van der Waals surface area contributed by atoms with Crippen molar-refractivity contribution in [2.24, 2.45) is 5.41 Å². The Morgan fingerprint density at radius 1 is 1.05 bits per heavy atom. The first-order valence-corrected chi connectivity index (χ1v) is 8.22. The molecule has 2 rings (SSSR count). The van der Waals surface area contributed by atoms with E-state index in [1.54, 1.807) is 0 Å². The summed E-state index contributed by atoms with van der Waals surface area (Å²) >= 11 is 0. The molecule has 0 aromatic rings. The molecule has 2 aliphatic heterocycles. The van der Waals surface area contributed by atoms with Crippen LogP contribution in [0, 0.1) is 5.41 Å². The summed E-state index contributed by atoms with van der Waals surface area (Å²) in [6.07, 6.45) is 5.50. The highest BCUT2D eigenvalue weighted by Crippen LogP contribution is 2.20. The normalized spacial score (nSPS) is 26.4. The van der Waals surface area contributed by atoms with Gasteiger partial charge in [-0.15, -0.1) is 0 Å². The summed E-state index contributed by atoms with van der Waals surface area (Å²) in [4.78, 5) is 5.36. The van der Waals surface area contributed by atoms with Gasteiger partial charge in [0.1, 0.15) is 0 Å². The van der Waals surface area contributed by atoms with Gasteiger partial charge in [-0.2, -0.15) is 0 Å². The molecule has 3 nitrogen and oxygen atoms in total. The maximum atomic E-state index is 3.60. The molecule has 0 aliphatic carbocycles. The van der Waals surface area contributed by atoms with Crippen LogP contribution in [0.5, 0.6) is 0 Å². The molecule has 1 atom stereocenters. The van der Waals surface area contributed by atoms with Crippen LogP contribution in [0.3, 0.4) is 0 Å². The first-order chi connectivity index (χ1) is 9.04. The molecule has 0 amide bonds. The lowest BCUT2D eigenvalue weighted by Gasteiger charge is -2.24. The van der Waals surface area contributed by atoms with E-state index in [1.165, 1.54) is 58.4 Å². The van der Waals surface area contributed by atoms with E-state index in [0.717, 1.165) is 19.1 Å². The molecule has 2 fully saturated rings. The van der Waals surface area contributed by atoms with Crippen LogP contribution in [-0.4, -0.2) is 61.7 Å². The Balaban J connectivity index is 1.53. The minimum atomic E-state index is 0.460. The predicted molar refractivity (Wildman–Crippen MR) is 82.6 cm³/mol. The van der Waals surface area contributed by atoms with Crippen LogP contribution in [0.1, 0.15) is 46.5 Å². The van der Waals surface area contributed by atoms with Crippen molar-refractivity contribution in [3.05, 3.63) is 0 Å². The van der Waals surface area contributed by atoms with Crippen LogP contribution in [0.15, 0.2) is 0 Å². The van der Waals surface area contributed by atoms with Gasteiger partial charge in [0, 0.05) is 25.7 Å². The quantitative estimate of drug-likeness (QED) is 0.744. The number of hydrogen-bond donors (Lipinski definition) is 1. The van der Waals surface area contributed by atoms with Crippen LogP contribution in [-0.2, 0) is 0 Å². The molecule has 0 radical (unpaired) electrons. The van der Waals surface area contributed by atoms with Gasteiger partial charge in [0.25, 0.3) is 0 Å². The molecule has 0 spiro atoms. The highest BCUT2D eigenvalue weighted by Gasteiger charge is 2.28. The van der Waals surface area contributed by atoms with Crippen molar-refractivity contribution >= 4 is 0 Å². The summed E-state index contributed by atoms with van der Waals surface area (Å²) in [6, 6.07) is 0.858. The van der Waals surface area contributed by atoms with Crippen molar-refractivity contribution in [3.8, 4) is 0 Å². The summed E-state index contributed by atoms with van der Waals surface area (Å²) in [6.45, 7) is 15.8. The largest absolute Gasteiger partial charge is 0.315 e. The topological polar surface area (TPSA) is 18.5 Å². The Morgan fingerprint density at radius 2 is 1.79 bits per heavy atom. The Hall–Kier alpha value is -0.120. The van der Waals surface area contributed by atoms with Crippen molar-refractivity contribution in [3.63, 3.8) is 0 Å². The average molecular weight is 267 g/mol. The lowest BCUT2D eigenvalue weighted by Crippen LogP contribution is -2.37. The Morgan fingerprint density at radius 3 is 2.47 bits per heavy atom. The van der Waals surface area contributed by atoms with Crippen LogP contribution in [0.4, 0.5) is 0 Å². The highest BCUT2D eigenvalue weighted by molar-refractivity contribution is 4.85. The van der Waals surface area contributed by atoms with Gasteiger partial charge in [0.15, 0.2) is 0 Å². The van der Waals surface area contributed by atoms with Crippen molar-refractivity contribution < 1.29 is 0 Å². The molecule has 2 heterocycles. The van der Waals surface area contributed by atoms with Gasteiger partial charge in [-0.3, -0.25) is 4.90 Å². The summed E-state index contributed by atoms with van der Waals surface area (Å²) in [7, 11) is 0. The third-order valence-corrected chi connectivity index (χ3v) is 4.56. The zero-order chi connectivity index (χ0) is 13.7. The average Bonchev–Trinajstić information content (AvgIpc) is 2.97. The SMILES string of the molecule is CC(C)(C)CCNCCN1CCC(N2CCCC2)C1. The smallest absolute Gasteiger partial charge is 0.0235 e. The molecule has 112 valence electrons. The van der Waals surface area contributed by atoms with E-state index in [1.807, 2.05) is 0 Å². The molecule has 0 aromatic carbocycles. The van der Waals surface area contributed by atoms with Gasteiger partial charge >= 0.3 is 0 Å². The number of rotatable bonds is 6. The predicted octanol–water partition coefficient (Wildman–Crippen LogP) is 2.18. The third kappa shape index (κ3) is 5.41. The molecule has 3 heteroatoms. The third-order valence-electron chi connectivity index (χ3n) is 4.56. The first kappa shape index (κ1) is 15.3. The fourth-order valence-corrected chi connectivity index (χ4v) is 3.25. The second kappa shape index (κ2) is 7.05. The number of hydrogen-bond acceptors (Lipinski definition) is 3. The minimum absolute atomic E-state index is 0.460. The van der Waals surface area contributed by atoms with Crippen molar-refractivity contribution in [2.45, 2.75) is 52.5 Å². The van der Waals surface area contributed by atoms with Gasteiger partial charge < -0.3 is 10.2 Å². The lowest BCUT2D eigenvalue weighted by molar-refractivity contribution is 0.232. The molecular weight excluding hydrogens is 234 g/mol. The van der Waals surface area contributed by atoms with Gasteiger partial charge in [-0.05, 0) is 57.3 Å². The lowest BCUT2D eigenvalue weighted by atomic mass is 9.92. The summed E-state index contributed by atoms with van der Waals surface area (Å²) < 4.78 is 0. The van der Waals surface area contributed by atoms with Crippen molar-refractivity contribution in [1.82, 2.24) is 15.1 Å². The van der Waals surface area contributed by atoms with Gasteiger partial charge in [-0.1, -0.05) is 20.8 Å². The second-order valence-electron chi connectivity index (χ2n) is 7.55. The van der Waals surface area contributed by atoms with E-state index < -0.39 is 0 Å². The van der Waals surface area contributed by atoms with Crippen LogP contribution in [0.2, 0.25) is 0 Å².